The highest BCUT2D eigenvalue weighted by atomic mass is 16.5. The monoisotopic (exact) mass is 884 g/mol. The van der Waals surface area contributed by atoms with E-state index in [-0.39, 0.29) is 47.8 Å². The largest absolute Gasteiger partial charge is 0.453 e. The summed E-state index contributed by atoms with van der Waals surface area (Å²) in [4.78, 5) is 77.2. The van der Waals surface area contributed by atoms with Gasteiger partial charge in [0.05, 0.1) is 54.9 Å². The molecule has 5 aromatic rings. The van der Waals surface area contributed by atoms with E-state index in [0.29, 0.717) is 24.8 Å². The van der Waals surface area contributed by atoms with E-state index >= 15 is 0 Å². The number of aromatic nitrogens is 5. The van der Waals surface area contributed by atoms with Gasteiger partial charge in [0.15, 0.2) is 0 Å². The summed E-state index contributed by atoms with van der Waals surface area (Å²) in [6.07, 6.45) is 7.82. The Morgan fingerprint density at radius 2 is 1.38 bits per heavy atom. The van der Waals surface area contributed by atoms with Crippen molar-refractivity contribution in [1.82, 2.24) is 50.7 Å². The maximum atomic E-state index is 13.8. The van der Waals surface area contributed by atoms with Gasteiger partial charge in [-0.15, -0.1) is 0 Å². The number of hydrogen-bond acceptors (Lipinski definition) is 10. The summed E-state index contributed by atoms with van der Waals surface area (Å²) < 4.78 is 9.61. The van der Waals surface area contributed by atoms with Crippen molar-refractivity contribution >= 4 is 35.0 Å². The molecule has 7 atom stereocenters. The average Bonchev–Trinajstić information content (AvgIpc) is 4.18. The Hall–Kier alpha value is -6.29. The van der Waals surface area contributed by atoms with Crippen LogP contribution in [0.2, 0.25) is 0 Å². The molecule has 9 rings (SSSR count). The topological polar surface area (TPSA) is 200 Å². The van der Waals surface area contributed by atoms with Crippen molar-refractivity contribution in [2.75, 3.05) is 27.3 Å². The standard InChI is InChI=1S/C49H60N10O6/c1-8-27-21-35-39-31(32-17-14-29(23-50-32)36-24-51-44(55-36)37-11-9-19-58(37)46(60)41(25(2)3)56-48(62)64-6)16-15-30(40(39)43(27)52-35)28-13-18-33-34(22-28)54-45(53-33)38-12-10-20-59(38)47(61)42(26(4)5)57-49(63)65-7/h13-18,22-27,35,37-38,41-43,52H,8-12,19-21H2,1-7H3,(H,51,55)(H,53,54)(H,56,62)(H,57,63). The minimum absolute atomic E-state index is 0.115. The third-order valence-electron chi connectivity index (χ3n) is 14.1. The van der Waals surface area contributed by atoms with E-state index in [1.807, 2.05) is 43.7 Å². The van der Waals surface area contributed by atoms with Gasteiger partial charge < -0.3 is 45.2 Å². The fourth-order valence-electron chi connectivity index (χ4n) is 10.7. The van der Waals surface area contributed by atoms with Crippen molar-refractivity contribution < 1.29 is 28.7 Å². The number of carbonyl (C=O) groups is 4. The molecule has 4 amide bonds. The van der Waals surface area contributed by atoms with Gasteiger partial charge in [-0.25, -0.2) is 19.6 Å². The second-order valence-electron chi connectivity index (χ2n) is 18.7. The van der Waals surface area contributed by atoms with Gasteiger partial charge in [-0.1, -0.05) is 59.2 Å². The number of amides is 4. The molecule has 3 aromatic heterocycles. The zero-order valence-electron chi connectivity index (χ0n) is 38.2. The van der Waals surface area contributed by atoms with Gasteiger partial charge in [-0.3, -0.25) is 14.6 Å². The van der Waals surface area contributed by atoms with Crippen molar-refractivity contribution in [3.05, 3.63) is 77.6 Å². The number of nitrogens with one attached hydrogen (secondary N) is 5. The summed E-state index contributed by atoms with van der Waals surface area (Å²) in [5, 5.41) is 9.41. The first kappa shape index (κ1) is 43.9. The van der Waals surface area contributed by atoms with Crippen LogP contribution in [0.15, 0.2) is 54.9 Å². The Labute approximate surface area is 379 Å². The molecule has 7 unspecified atom stereocenters. The highest BCUT2D eigenvalue weighted by Crippen LogP contribution is 2.55. The summed E-state index contributed by atoms with van der Waals surface area (Å²) in [7, 11) is 2.60. The summed E-state index contributed by atoms with van der Waals surface area (Å²) in [6.45, 7) is 11.1. The number of rotatable bonds is 12. The van der Waals surface area contributed by atoms with Crippen molar-refractivity contribution in [2.24, 2.45) is 17.8 Å². The van der Waals surface area contributed by atoms with E-state index in [1.54, 1.807) is 6.20 Å². The van der Waals surface area contributed by atoms with Crippen LogP contribution in [-0.2, 0) is 19.1 Å². The maximum absolute atomic E-state index is 13.8. The number of likely N-dealkylation sites (tertiary alicyclic amines) is 2. The number of nitrogens with zero attached hydrogens (tertiary/aromatic N) is 5. The van der Waals surface area contributed by atoms with Gasteiger partial charge in [0.2, 0.25) is 11.8 Å². The van der Waals surface area contributed by atoms with Crippen LogP contribution in [0.4, 0.5) is 9.59 Å². The zero-order valence-corrected chi connectivity index (χ0v) is 38.2. The molecule has 0 radical (unpaired) electrons. The van der Waals surface area contributed by atoms with Crippen LogP contribution in [-0.4, -0.2) is 98.1 Å². The second kappa shape index (κ2) is 17.9. The lowest BCUT2D eigenvalue weighted by molar-refractivity contribution is -0.136. The quantitative estimate of drug-likeness (QED) is 0.0821. The molecule has 5 N–H and O–H groups in total. The van der Waals surface area contributed by atoms with E-state index in [1.165, 1.54) is 30.9 Å². The van der Waals surface area contributed by atoms with Crippen molar-refractivity contribution in [3.63, 3.8) is 0 Å². The minimum atomic E-state index is -0.701. The molecule has 2 bridgehead atoms. The van der Waals surface area contributed by atoms with E-state index < -0.39 is 24.3 Å². The van der Waals surface area contributed by atoms with Crippen LogP contribution < -0.4 is 16.0 Å². The zero-order chi connectivity index (χ0) is 45.7. The normalized spacial score (nSPS) is 22.1. The first-order chi connectivity index (χ1) is 31.4. The first-order valence-electron chi connectivity index (χ1n) is 23.1. The number of aromatic amines is 2. The van der Waals surface area contributed by atoms with Crippen LogP contribution in [0.1, 0.15) is 120 Å². The van der Waals surface area contributed by atoms with Gasteiger partial charge >= 0.3 is 12.2 Å². The number of ether oxygens (including phenoxy) is 2. The number of H-pyrrole nitrogens is 2. The fraction of sp³-hybridized carbons (Fsp3) is 0.490. The molecule has 16 nitrogen and oxygen atoms in total. The third kappa shape index (κ3) is 8.10. The van der Waals surface area contributed by atoms with Crippen LogP contribution in [0.25, 0.3) is 44.7 Å². The lowest BCUT2D eigenvalue weighted by atomic mass is 9.77. The third-order valence-corrected chi connectivity index (χ3v) is 14.1. The number of methoxy groups -OCH3 is 2. The van der Waals surface area contributed by atoms with Gasteiger partial charge in [0.1, 0.15) is 23.7 Å². The average molecular weight is 885 g/mol. The number of imidazole rings is 2. The number of hydrogen-bond donors (Lipinski definition) is 5. The number of carbonyl (C=O) groups excluding carboxylic acids is 4. The molecular weight excluding hydrogens is 825 g/mol. The predicted molar refractivity (Wildman–Crippen MR) is 245 cm³/mol. The first-order valence-corrected chi connectivity index (χ1v) is 23.1. The number of pyridine rings is 1. The van der Waals surface area contributed by atoms with Crippen LogP contribution in [0, 0.1) is 17.8 Å². The molecular formula is C49H60N10O6. The molecule has 0 aliphatic carbocycles. The molecule has 0 spiro atoms. The molecule has 4 aliphatic heterocycles. The molecule has 65 heavy (non-hydrogen) atoms. The molecule has 2 aromatic carbocycles. The second-order valence-corrected chi connectivity index (χ2v) is 18.7. The molecule has 4 aliphatic rings. The van der Waals surface area contributed by atoms with Crippen LogP contribution >= 0.6 is 0 Å². The molecule has 16 heteroatoms. The van der Waals surface area contributed by atoms with E-state index in [4.69, 9.17) is 24.4 Å². The summed E-state index contributed by atoms with van der Waals surface area (Å²) in [6, 6.07) is 13.6. The summed E-state index contributed by atoms with van der Waals surface area (Å²) >= 11 is 0. The number of benzene rings is 2. The maximum Gasteiger partial charge on any atom is 0.407 e. The highest BCUT2D eigenvalue weighted by molar-refractivity contribution is 5.88. The number of alkyl carbamates (subject to hydrolysis) is 2. The van der Waals surface area contributed by atoms with Gasteiger partial charge in [0.25, 0.3) is 0 Å². The minimum Gasteiger partial charge on any atom is -0.453 e. The van der Waals surface area contributed by atoms with Crippen LogP contribution in [0.5, 0.6) is 0 Å². The SMILES string of the molecule is CCC1CC2NC1c1c(-c3ccc4nc(C5CCCN5C(=O)C(NC(=O)OC)C(C)C)[nH]c4c3)ccc(-c3ccc(-c4cnc(C5CCCN5C(=O)C(NC(=O)OC)C(C)C)[nH]4)cn3)c12. The van der Waals surface area contributed by atoms with E-state index in [0.717, 1.165) is 83.5 Å². The van der Waals surface area contributed by atoms with Gasteiger partial charge in [-0.2, -0.15) is 0 Å². The highest BCUT2D eigenvalue weighted by Gasteiger charge is 2.46. The molecule has 7 heterocycles. The van der Waals surface area contributed by atoms with Crippen LogP contribution in [0.3, 0.4) is 0 Å². The predicted octanol–water partition coefficient (Wildman–Crippen LogP) is 7.89. The summed E-state index contributed by atoms with van der Waals surface area (Å²) in [5.41, 5.74) is 10.4. The Morgan fingerprint density at radius 3 is 1.98 bits per heavy atom. The van der Waals surface area contributed by atoms with Crippen molar-refractivity contribution in [3.8, 4) is 33.6 Å². The Bertz CT molecular complexity index is 2600. The number of fused-ring (bicyclic) bond motifs is 6. The molecule has 3 saturated heterocycles. The Kier molecular flexibility index (Phi) is 12.1. The van der Waals surface area contributed by atoms with Gasteiger partial charge in [0, 0.05) is 42.5 Å². The summed E-state index contributed by atoms with van der Waals surface area (Å²) in [5.74, 6) is 1.47. The molecule has 0 saturated carbocycles. The van der Waals surface area contributed by atoms with Crippen molar-refractivity contribution in [2.45, 2.75) is 109 Å². The Morgan fingerprint density at radius 1 is 0.754 bits per heavy atom. The Balaban J connectivity index is 0.971. The van der Waals surface area contributed by atoms with Crippen molar-refractivity contribution in [1.29, 1.82) is 0 Å². The smallest absolute Gasteiger partial charge is 0.407 e. The fourth-order valence-corrected chi connectivity index (χ4v) is 10.7. The molecule has 3 fully saturated rings. The van der Waals surface area contributed by atoms with E-state index in [9.17, 15) is 19.2 Å². The molecule has 342 valence electrons. The lowest BCUT2D eigenvalue weighted by Crippen LogP contribution is -2.51. The van der Waals surface area contributed by atoms with E-state index in [2.05, 4.69) is 75.3 Å². The lowest BCUT2D eigenvalue weighted by Gasteiger charge is -2.30. The van der Waals surface area contributed by atoms with Gasteiger partial charge in [-0.05, 0) is 96.4 Å².